The van der Waals surface area contributed by atoms with Crippen molar-refractivity contribution in [1.29, 1.82) is 0 Å². The normalized spacial score (nSPS) is 11.6. The molecule has 0 aliphatic heterocycles. The smallest absolute Gasteiger partial charge is 0.408 e. The number of aryl methyl sites for hydroxylation is 2. The molecule has 0 radical (unpaired) electrons. The molecule has 3 aromatic carbocycles. The minimum absolute atomic E-state index is 0.0827. The minimum atomic E-state index is -0.969. The van der Waals surface area contributed by atoms with Gasteiger partial charge in [0.25, 0.3) is 0 Å². The first-order chi connectivity index (χ1) is 17.3. The summed E-state index contributed by atoms with van der Waals surface area (Å²) in [6.07, 6.45) is -0.345. The fraction of sp³-hybridized carbons (Fsp3) is 0.207. The summed E-state index contributed by atoms with van der Waals surface area (Å²) in [6, 6.07) is 21.3. The SMILES string of the molecule is Cc1cc(OC(=O)C(C)NC(=O)OCc2ccccc2)c2c(C)c(Cc3ccccc3)c(=O)oc2c1. The van der Waals surface area contributed by atoms with Crippen LogP contribution in [0.25, 0.3) is 11.0 Å². The lowest BCUT2D eigenvalue weighted by Crippen LogP contribution is -2.41. The molecule has 1 heterocycles. The Labute approximate surface area is 208 Å². The van der Waals surface area contributed by atoms with E-state index >= 15 is 0 Å². The molecule has 1 aromatic heterocycles. The Balaban J connectivity index is 1.53. The fourth-order valence-corrected chi connectivity index (χ4v) is 3.92. The van der Waals surface area contributed by atoms with E-state index in [2.05, 4.69) is 5.32 Å². The maximum atomic E-state index is 12.8. The van der Waals surface area contributed by atoms with Crippen LogP contribution in [-0.2, 0) is 22.6 Å². The summed E-state index contributed by atoms with van der Waals surface area (Å²) < 4.78 is 16.5. The van der Waals surface area contributed by atoms with Crippen LogP contribution in [0.3, 0.4) is 0 Å². The molecule has 0 fully saturated rings. The van der Waals surface area contributed by atoms with Gasteiger partial charge in [0, 0.05) is 12.0 Å². The molecule has 4 rings (SSSR count). The third-order valence-electron chi connectivity index (χ3n) is 5.82. The van der Waals surface area contributed by atoms with Crippen molar-refractivity contribution in [2.24, 2.45) is 0 Å². The Kier molecular flexibility index (Phi) is 7.49. The highest BCUT2D eigenvalue weighted by atomic mass is 16.6. The Morgan fingerprint density at radius 2 is 1.58 bits per heavy atom. The molecular weight excluding hydrogens is 458 g/mol. The molecule has 0 saturated carbocycles. The van der Waals surface area contributed by atoms with Crippen LogP contribution < -0.4 is 15.7 Å². The van der Waals surface area contributed by atoms with Crippen LogP contribution in [-0.4, -0.2) is 18.1 Å². The third kappa shape index (κ3) is 5.81. The fourth-order valence-electron chi connectivity index (χ4n) is 3.92. The average Bonchev–Trinajstić information content (AvgIpc) is 2.86. The number of amides is 1. The quantitative estimate of drug-likeness (QED) is 0.219. The van der Waals surface area contributed by atoms with E-state index in [0.717, 1.165) is 16.7 Å². The molecule has 0 saturated heterocycles. The van der Waals surface area contributed by atoms with E-state index in [1.54, 1.807) is 12.1 Å². The van der Waals surface area contributed by atoms with E-state index in [4.69, 9.17) is 13.9 Å². The Hall–Kier alpha value is -4.39. The lowest BCUT2D eigenvalue weighted by molar-refractivity contribution is -0.136. The van der Waals surface area contributed by atoms with E-state index in [1.807, 2.05) is 74.5 Å². The van der Waals surface area contributed by atoms with Crippen molar-refractivity contribution >= 4 is 23.0 Å². The number of hydrogen-bond acceptors (Lipinski definition) is 6. The summed E-state index contributed by atoms with van der Waals surface area (Å²) in [5.74, 6) is -0.411. The monoisotopic (exact) mass is 485 g/mol. The number of hydrogen-bond donors (Lipinski definition) is 1. The van der Waals surface area contributed by atoms with Gasteiger partial charge in [0.1, 0.15) is 24.0 Å². The van der Waals surface area contributed by atoms with Crippen molar-refractivity contribution in [3.63, 3.8) is 0 Å². The number of nitrogens with one attached hydrogen (secondary N) is 1. The van der Waals surface area contributed by atoms with E-state index in [9.17, 15) is 14.4 Å². The van der Waals surface area contributed by atoms with Crippen LogP contribution in [0.5, 0.6) is 5.75 Å². The number of benzene rings is 3. The number of ether oxygens (including phenoxy) is 2. The molecule has 4 aromatic rings. The lowest BCUT2D eigenvalue weighted by Gasteiger charge is -2.16. The number of alkyl carbamates (subject to hydrolysis) is 1. The molecule has 0 bridgehead atoms. The molecule has 0 aliphatic rings. The lowest BCUT2D eigenvalue weighted by atomic mass is 9.98. The van der Waals surface area contributed by atoms with Crippen LogP contribution in [0.1, 0.15) is 34.7 Å². The molecular formula is C29H27NO6. The number of rotatable bonds is 7. The van der Waals surface area contributed by atoms with Crippen molar-refractivity contribution in [3.8, 4) is 5.75 Å². The topological polar surface area (TPSA) is 94.8 Å². The van der Waals surface area contributed by atoms with Gasteiger partial charge >= 0.3 is 17.7 Å². The van der Waals surface area contributed by atoms with Gasteiger partial charge in [-0.05, 0) is 55.2 Å². The van der Waals surface area contributed by atoms with Crippen LogP contribution >= 0.6 is 0 Å². The highest BCUT2D eigenvalue weighted by Crippen LogP contribution is 2.32. The number of carbonyl (C=O) groups is 2. The van der Waals surface area contributed by atoms with Crippen molar-refractivity contribution in [3.05, 3.63) is 111 Å². The summed E-state index contributed by atoms with van der Waals surface area (Å²) in [4.78, 5) is 37.8. The zero-order chi connectivity index (χ0) is 25.7. The highest BCUT2D eigenvalue weighted by Gasteiger charge is 2.22. The second kappa shape index (κ2) is 10.9. The van der Waals surface area contributed by atoms with Crippen molar-refractivity contribution in [2.45, 2.75) is 39.8 Å². The van der Waals surface area contributed by atoms with Gasteiger partial charge in [-0.25, -0.2) is 14.4 Å². The van der Waals surface area contributed by atoms with Crippen molar-refractivity contribution in [1.82, 2.24) is 5.32 Å². The molecule has 7 heteroatoms. The van der Waals surface area contributed by atoms with Crippen LogP contribution in [0, 0.1) is 13.8 Å². The number of carbonyl (C=O) groups excluding carboxylic acids is 2. The zero-order valence-electron chi connectivity index (χ0n) is 20.4. The van der Waals surface area contributed by atoms with Gasteiger partial charge < -0.3 is 19.2 Å². The minimum Gasteiger partial charge on any atom is -0.445 e. The first kappa shape index (κ1) is 24.7. The third-order valence-corrected chi connectivity index (χ3v) is 5.82. The largest absolute Gasteiger partial charge is 0.445 e. The molecule has 7 nitrogen and oxygen atoms in total. The maximum absolute atomic E-state index is 12.8. The standard InChI is InChI=1S/C29H27NO6/c1-18-14-24(35-27(31)20(3)30-29(33)34-17-22-12-8-5-9-13-22)26-19(2)23(28(32)36-25(26)15-18)16-21-10-6-4-7-11-21/h4-15,20H,16-17H2,1-3H3,(H,30,33). The van der Waals surface area contributed by atoms with E-state index < -0.39 is 23.7 Å². The van der Waals surface area contributed by atoms with E-state index in [-0.39, 0.29) is 12.4 Å². The van der Waals surface area contributed by atoms with E-state index in [1.165, 1.54) is 6.92 Å². The van der Waals surface area contributed by atoms with Gasteiger partial charge in [0.15, 0.2) is 0 Å². The predicted molar refractivity (Wildman–Crippen MR) is 136 cm³/mol. The molecule has 0 aliphatic carbocycles. The number of esters is 1. The summed E-state index contributed by atoms with van der Waals surface area (Å²) in [6.45, 7) is 5.22. The summed E-state index contributed by atoms with van der Waals surface area (Å²) in [7, 11) is 0. The summed E-state index contributed by atoms with van der Waals surface area (Å²) in [5, 5.41) is 3.03. The molecule has 1 N–H and O–H groups in total. The molecule has 36 heavy (non-hydrogen) atoms. The first-order valence-corrected chi connectivity index (χ1v) is 11.6. The predicted octanol–water partition coefficient (Wildman–Crippen LogP) is 5.22. The Bertz CT molecular complexity index is 1440. The molecule has 1 unspecified atom stereocenters. The molecule has 1 atom stereocenters. The van der Waals surface area contributed by atoms with E-state index in [0.29, 0.717) is 28.5 Å². The number of fused-ring (bicyclic) bond motifs is 1. The summed E-state index contributed by atoms with van der Waals surface area (Å²) >= 11 is 0. The second-order valence-corrected chi connectivity index (χ2v) is 8.64. The van der Waals surface area contributed by atoms with Gasteiger partial charge in [-0.1, -0.05) is 60.7 Å². The molecule has 184 valence electrons. The Morgan fingerprint density at radius 3 is 2.25 bits per heavy atom. The van der Waals surface area contributed by atoms with Crippen molar-refractivity contribution in [2.75, 3.05) is 0 Å². The van der Waals surface area contributed by atoms with Crippen LogP contribution in [0.15, 0.2) is 82.0 Å². The van der Waals surface area contributed by atoms with Gasteiger partial charge in [0.05, 0.1) is 5.39 Å². The first-order valence-electron chi connectivity index (χ1n) is 11.6. The highest BCUT2D eigenvalue weighted by molar-refractivity contribution is 5.92. The summed E-state index contributed by atoms with van der Waals surface area (Å²) in [5.41, 5.74) is 3.62. The molecule has 0 spiro atoms. The average molecular weight is 486 g/mol. The van der Waals surface area contributed by atoms with Crippen molar-refractivity contribution < 1.29 is 23.5 Å². The molecule has 1 amide bonds. The van der Waals surface area contributed by atoms with Gasteiger partial charge in [-0.3, -0.25) is 0 Å². The zero-order valence-corrected chi connectivity index (χ0v) is 20.4. The Morgan fingerprint density at radius 1 is 0.944 bits per heavy atom. The van der Waals surface area contributed by atoms with Crippen LogP contribution in [0.2, 0.25) is 0 Å². The van der Waals surface area contributed by atoms with Crippen LogP contribution in [0.4, 0.5) is 4.79 Å². The second-order valence-electron chi connectivity index (χ2n) is 8.64. The van der Waals surface area contributed by atoms with Gasteiger partial charge in [-0.2, -0.15) is 0 Å². The maximum Gasteiger partial charge on any atom is 0.408 e. The van der Waals surface area contributed by atoms with Gasteiger partial charge in [0.2, 0.25) is 0 Å². The van der Waals surface area contributed by atoms with Gasteiger partial charge in [-0.15, -0.1) is 0 Å².